The van der Waals surface area contributed by atoms with Crippen LogP contribution in [-0.2, 0) is 35.3 Å². The van der Waals surface area contributed by atoms with Crippen LogP contribution in [0, 0.1) is 5.92 Å². The lowest BCUT2D eigenvalue weighted by Crippen LogP contribution is -2.55. The van der Waals surface area contributed by atoms with Gasteiger partial charge in [0.25, 0.3) is 11.8 Å². The predicted molar refractivity (Wildman–Crippen MR) is 192 cm³/mol. The first-order valence-electron chi connectivity index (χ1n) is 17.8. The maximum atomic E-state index is 13.7. The molecule has 0 saturated carbocycles. The van der Waals surface area contributed by atoms with Gasteiger partial charge in [-0.3, -0.25) is 24.0 Å². The highest BCUT2D eigenvalue weighted by molar-refractivity contribution is 5.96. The van der Waals surface area contributed by atoms with Crippen molar-refractivity contribution in [3.05, 3.63) is 78.0 Å². The van der Waals surface area contributed by atoms with E-state index in [2.05, 4.69) is 10.4 Å². The van der Waals surface area contributed by atoms with Gasteiger partial charge in [-0.05, 0) is 51.3 Å². The van der Waals surface area contributed by atoms with Gasteiger partial charge in [0.1, 0.15) is 18.2 Å². The lowest BCUT2D eigenvalue weighted by Gasteiger charge is -2.35. The number of esters is 2. The van der Waals surface area contributed by atoms with Crippen LogP contribution in [0.3, 0.4) is 0 Å². The molecule has 288 valence electrons. The van der Waals surface area contributed by atoms with E-state index < -0.39 is 48.0 Å². The van der Waals surface area contributed by atoms with E-state index >= 15 is 0 Å². The van der Waals surface area contributed by atoms with Crippen LogP contribution >= 0.6 is 0 Å². The predicted octanol–water partition coefficient (Wildman–Crippen LogP) is 2.89. The zero-order valence-corrected chi connectivity index (χ0v) is 30.6. The monoisotopic (exact) mass is 746 g/mol. The molecular formula is C38H46N6O10. The van der Waals surface area contributed by atoms with E-state index in [0.717, 1.165) is 5.56 Å². The molecule has 0 radical (unpaired) electrons. The number of nitrogens with zero attached hydrogens (tertiary/aromatic N) is 5. The Kier molecular flexibility index (Phi) is 12.9. The van der Waals surface area contributed by atoms with Crippen LogP contribution in [0.5, 0.6) is 5.88 Å². The Balaban J connectivity index is 1.25. The number of hydrogen-bond acceptors (Lipinski definition) is 10. The number of likely N-dealkylation sites (tertiary alicyclic amines) is 1. The summed E-state index contributed by atoms with van der Waals surface area (Å²) in [5.74, 6) is -2.88. The number of hydrogen-bond donors (Lipinski definition) is 2. The molecule has 1 aromatic heterocycles. The lowest BCUT2D eigenvalue weighted by molar-refractivity contribution is -0.155. The van der Waals surface area contributed by atoms with Gasteiger partial charge >= 0.3 is 18.0 Å². The number of ether oxygens (including phenoxy) is 3. The molecule has 54 heavy (non-hydrogen) atoms. The van der Waals surface area contributed by atoms with Crippen molar-refractivity contribution in [3.8, 4) is 11.6 Å². The third-order valence-corrected chi connectivity index (χ3v) is 8.87. The van der Waals surface area contributed by atoms with Gasteiger partial charge in [-0.1, -0.05) is 48.5 Å². The fourth-order valence-electron chi connectivity index (χ4n) is 6.07. The number of nitrogens with one attached hydrogen (secondary N) is 1. The molecule has 2 saturated heterocycles. The number of piperazine rings is 1. The Hall–Kier alpha value is -5.93. The third kappa shape index (κ3) is 10.8. The Labute approximate surface area is 312 Å². The van der Waals surface area contributed by atoms with E-state index in [1.165, 1.54) is 25.4 Å². The molecule has 1 unspecified atom stereocenters. The van der Waals surface area contributed by atoms with Gasteiger partial charge in [0.05, 0.1) is 11.6 Å². The van der Waals surface area contributed by atoms with E-state index in [1.807, 2.05) is 30.3 Å². The van der Waals surface area contributed by atoms with Crippen LogP contribution in [0.15, 0.2) is 66.7 Å². The number of rotatable bonds is 13. The molecular weight excluding hydrogens is 700 g/mol. The molecule has 2 aliphatic rings. The minimum atomic E-state index is -1.16. The lowest BCUT2D eigenvalue weighted by atomic mass is 10.1. The highest BCUT2D eigenvalue weighted by Crippen LogP contribution is 2.23. The van der Waals surface area contributed by atoms with Gasteiger partial charge in [-0.15, -0.1) is 0 Å². The minimum absolute atomic E-state index is 0.0769. The number of carbonyl (C=O) groups is 6. The highest BCUT2D eigenvalue weighted by Gasteiger charge is 2.34. The van der Waals surface area contributed by atoms with Crippen LogP contribution in [0.1, 0.15) is 56.1 Å². The minimum Gasteiger partial charge on any atom is -0.467 e. The molecule has 2 aromatic carbocycles. The average molecular weight is 747 g/mol. The quantitative estimate of drug-likeness (QED) is 0.245. The Bertz CT molecular complexity index is 1800. The average Bonchev–Trinajstić information content (AvgIpc) is 3.83. The second-order valence-electron chi connectivity index (χ2n) is 14.1. The van der Waals surface area contributed by atoms with Crippen molar-refractivity contribution in [2.45, 2.75) is 58.3 Å². The van der Waals surface area contributed by atoms with E-state index in [4.69, 9.17) is 14.2 Å². The molecule has 4 amide bonds. The number of aromatic nitrogens is 2. The first kappa shape index (κ1) is 39.3. The van der Waals surface area contributed by atoms with Crippen molar-refractivity contribution in [1.29, 1.82) is 0 Å². The molecule has 2 fully saturated rings. The van der Waals surface area contributed by atoms with Crippen LogP contribution in [0.2, 0.25) is 0 Å². The zero-order chi connectivity index (χ0) is 38.8. The number of benzene rings is 2. The Morgan fingerprint density at radius 1 is 0.889 bits per heavy atom. The number of para-hydroxylation sites is 1. The molecule has 0 spiro atoms. The molecule has 2 N–H and O–H groups in total. The topological polar surface area (TPSA) is 190 Å². The first-order chi connectivity index (χ1) is 25.8. The van der Waals surface area contributed by atoms with Crippen LogP contribution in [0.25, 0.3) is 5.69 Å². The maximum absolute atomic E-state index is 13.7. The van der Waals surface area contributed by atoms with E-state index in [-0.39, 0.29) is 75.6 Å². The van der Waals surface area contributed by atoms with Crippen molar-refractivity contribution in [3.63, 3.8) is 0 Å². The summed E-state index contributed by atoms with van der Waals surface area (Å²) in [5, 5.41) is 16.5. The molecule has 3 heterocycles. The van der Waals surface area contributed by atoms with Gasteiger partial charge in [-0.25, -0.2) is 9.48 Å². The largest absolute Gasteiger partial charge is 0.467 e. The molecule has 0 bridgehead atoms. The van der Waals surface area contributed by atoms with Crippen LogP contribution in [0.4, 0.5) is 4.79 Å². The van der Waals surface area contributed by atoms with Gasteiger partial charge in [0.2, 0.25) is 11.8 Å². The zero-order valence-electron chi connectivity index (χ0n) is 30.6. The van der Waals surface area contributed by atoms with Gasteiger partial charge in [-0.2, -0.15) is 5.10 Å². The van der Waals surface area contributed by atoms with Crippen molar-refractivity contribution in [1.82, 2.24) is 29.8 Å². The smallest absolute Gasteiger partial charge is 0.407 e. The first-order valence-corrected chi connectivity index (χ1v) is 17.8. The summed E-state index contributed by atoms with van der Waals surface area (Å²) in [6, 6.07) is 18.3. The molecule has 3 aromatic rings. The summed E-state index contributed by atoms with van der Waals surface area (Å²) in [4.78, 5) is 81.5. The summed E-state index contributed by atoms with van der Waals surface area (Å²) in [7, 11) is 0. The van der Waals surface area contributed by atoms with E-state index in [0.29, 0.717) is 18.7 Å². The van der Waals surface area contributed by atoms with Crippen LogP contribution < -0.4 is 10.1 Å². The highest BCUT2D eigenvalue weighted by atomic mass is 16.6. The summed E-state index contributed by atoms with van der Waals surface area (Å²) in [6.45, 7) is 5.89. The SMILES string of the molecule is CC(C)(C)OC(=O)CC[C@H](NC(=O)c1cc(OCC(=O)N2CCC(C(=O)OCc3ccccc3)C2)n(-c2ccccc2)n1)C(=O)N1CCN(C(=O)O)CC1. The summed E-state index contributed by atoms with van der Waals surface area (Å²) in [5.41, 5.74) is 0.539. The molecule has 16 heteroatoms. The number of carboxylic acid groups (broad SMARTS) is 1. The molecule has 2 atom stereocenters. The number of carbonyl (C=O) groups excluding carboxylic acids is 5. The fourth-order valence-corrected chi connectivity index (χ4v) is 6.07. The molecule has 5 rings (SSSR count). The second kappa shape index (κ2) is 17.7. The maximum Gasteiger partial charge on any atom is 0.407 e. The van der Waals surface area contributed by atoms with E-state index in [9.17, 15) is 33.9 Å². The molecule has 16 nitrogen and oxygen atoms in total. The fraction of sp³-hybridized carbons (Fsp3) is 0.447. The standard InChI is InChI=1S/C38H46N6O10/c1-38(2,3)54-33(46)15-14-29(35(48)41-18-20-42(21-19-41)37(50)51)39-34(47)30-22-32(44(40-30)28-12-8-5-9-13-28)52-25-31(45)43-17-16-27(23-43)36(49)53-24-26-10-6-4-7-11-26/h4-13,22,27,29H,14-21,23-25H2,1-3H3,(H,39,47)(H,50,51)/t27?,29-/m0/s1. The number of amides is 4. The molecule has 2 aliphatic heterocycles. The van der Waals surface area contributed by atoms with Crippen molar-refractivity contribution < 1.29 is 48.1 Å². The van der Waals surface area contributed by atoms with Crippen molar-refractivity contribution >= 4 is 35.8 Å². The molecule has 0 aliphatic carbocycles. The summed E-state index contributed by atoms with van der Waals surface area (Å²) < 4.78 is 18.2. The summed E-state index contributed by atoms with van der Waals surface area (Å²) in [6.07, 6.45) is -0.879. The van der Waals surface area contributed by atoms with Crippen molar-refractivity contribution in [2.75, 3.05) is 45.9 Å². The summed E-state index contributed by atoms with van der Waals surface area (Å²) >= 11 is 0. The van der Waals surface area contributed by atoms with Gasteiger partial charge in [0, 0.05) is 51.8 Å². The van der Waals surface area contributed by atoms with Crippen molar-refractivity contribution in [2.24, 2.45) is 5.92 Å². The Morgan fingerprint density at radius 2 is 1.54 bits per heavy atom. The normalized spacial score (nSPS) is 16.4. The second-order valence-corrected chi connectivity index (χ2v) is 14.1. The van der Waals surface area contributed by atoms with Crippen LogP contribution in [-0.4, -0.2) is 123 Å². The third-order valence-electron chi connectivity index (χ3n) is 8.87. The van der Waals surface area contributed by atoms with Gasteiger partial charge < -0.3 is 39.3 Å². The van der Waals surface area contributed by atoms with E-state index in [1.54, 1.807) is 51.1 Å². The Morgan fingerprint density at radius 3 is 2.19 bits per heavy atom. The van der Waals surface area contributed by atoms with Gasteiger partial charge in [0.15, 0.2) is 12.3 Å².